The van der Waals surface area contributed by atoms with Crippen molar-refractivity contribution >= 4 is 46.9 Å². The number of hydrogen-bond acceptors (Lipinski definition) is 6. The predicted octanol–water partition coefficient (Wildman–Crippen LogP) is 5.19. The largest absolute Gasteiger partial charge is 0.462 e. The molecule has 0 atom stereocenters. The minimum Gasteiger partial charge on any atom is -0.462 e. The zero-order valence-electron chi connectivity index (χ0n) is 21.8. The molecule has 0 unspecified atom stereocenters. The van der Waals surface area contributed by atoms with Crippen molar-refractivity contribution in [1.82, 2.24) is 9.88 Å². The first-order chi connectivity index (χ1) is 18.2. The number of aromatic nitrogens is 1. The summed E-state index contributed by atoms with van der Waals surface area (Å²) < 4.78 is 7.43. The number of benzene rings is 1. The Morgan fingerprint density at radius 2 is 1.79 bits per heavy atom. The molecule has 38 heavy (non-hydrogen) atoms. The van der Waals surface area contributed by atoms with E-state index in [4.69, 9.17) is 4.74 Å². The van der Waals surface area contributed by atoms with E-state index in [1.807, 2.05) is 31.4 Å². The normalized spacial score (nSPS) is 16.6. The molecule has 1 aromatic carbocycles. The van der Waals surface area contributed by atoms with Gasteiger partial charge in [-0.2, -0.15) is 0 Å². The SMILES string of the molecule is CCOC(=O)c1c(-n2c(C)cc(C=C3C(=O)NC(=O)N(c4ccc(C)cc4)C3=O)c2C)sc2c1CCCC2. The number of nitrogens with one attached hydrogen (secondary N) is 1. The maximum atomic E-state index is 13.4. The summed E-state index contributed by atoms with van der Waals surface area (Å²) in [5.41, 5.74) is 5.18. The number of urea groups is 1. The Morgan fingerprint density at radius 3 is 2.50 bits per heavy atom. The molecule has 1 N–H and O–H groups in total. The van der Waals surface area contributed by atoms with Gasteiger partial charge in [0.05, 0.1) is 17.9 Å². The van der Waals surface area contributed by atoms with E-state index in [0.717, 1.165) is 58.1 Å². The lowest BCUT2D eigenvalue weighted by atomic mass is 9.95. The summed E-state index contributed by atoms with van der Waals surface area (Å²) in [5, 5.41) is 3.08. The molecule has 1 aliphatic heterocycles. The summed E-state index contributed by atoms with van der Waals surface area (Å²) in [7, 11) is 0. The molecule has 1 aliphatic carbocycles. The number of amides is 4. The van der Waals surface area contributed by atoms with Crippen LogP contribution in [0.2, 0.25) is 0 Å². The van der Waals surface area contributed by atoms with Crippen molar-refractivity contribution in [3.63, 3.8) is 0 Å². The summed E-state index contributed by atoms with van der Waals surface area (Å²) in [5.74, 6) is -1.76. The number of hydrogen-bond donors (Lipinski definition) is 1. The molecule has 0 bridgehead atoms. The van der Waals surface area contributed by atoms with Crippen LogP contribution >= 0.6 is 11.3 Å². The van der Waals surface area contributed by atoms with Gasteiger partial charge in [-0.05, 0) is 88.8 Å². The third-order valence-corrected chi connectivity index (χ3v) is 8.28. The Balaban J connectivity index is 1.58. The topological polar surface area (TPSA) is 97.7 Å². The van der Waals surface area contributed by atoms with E-state index in [9.17, 15) is 19.2 Å². The van der Waals surface area contributed by atoms with Crippen LogP contribution in [-0.2, 0) is 27.2 Å². The maximum Gasteiger partial charge on any atom is 0.341 e. The number of thiophene rings is 1. The number of anilines is 1. The molecule has 2 aromatic heterocycles. The van der Waals surface area contributed by atoms with Crippen molar-refractivity contribution in [2.75, 3.05) is 11.5 Å². The number of nitrogens with zero attached hydrogens (tertiary/aromatic N) is 2. The van der Waals surface area contributed by atoms with E-state index in [0.29, 0.717) is 16.8 Å². The predicted molar refractivity (Wildman–Crippen MR) is 146 cm³/mol. The van der Waals surface area contributed by atoms with Crippen LogP contribution in [0.5, 0.6) is 0 Å². The first-order valence-corrected chi connectivity index (χ1v) is 13.5. The van der Waals surface area contributed by atoms with Crippen LogP contribution in [0.1, 0.15) is 63.1 Å². The van der Waals surface area contributed by atoms with Gasteiger partial charge in [0.2, 0.25) is 0 Å². The molecule has 9 heteroatoms. The second kappa shape index (κ2) is 10.1. The highest BCUT2D eigenvalue weighted by molar-refractivity contribution is 7.15. The van der Waals surface area contributed by atoms with E-state index >= 15 is 0 Å². The maximum absolute atomic E-state index is 13.4. The number of barbiturate groups is 1. The summed E-state index contributed by atoms with van der Waals surface area (Å²) in [6.45, 7) is 7.81. The van der Waals surface area contributed by atoms with Crippen LogP contribution in [0.15, 0.2) is 35.9 Å². The van der Waals surface area contributed by atoms with E-state index < -0.39 is 17.8 Å². The molecule has 2 aliphatic rings. The summed E-state index contributed by atoms with van der Waals surface area (Å²) in [6, 6.07) is 8.03. The minimum atomic E-state index is -0.783. The van der Waals surface area contributed by atoms with Crippen molar-refractivity contribution in [2.45, 2.75) is 53.4 Å². The summed E-state index contributed by atoms with van der Waals surface area (Å²) in [6.07, 6.45) is 5.41. The van der Waals surface area contributed by atoms with Gasteiger partial charge < -0.3 is 9.30 Å². The van der Waals surface area contributed by atoms with Gasteiger partial charge in [-0.15, -0.1) is 11.3 Å². The Morgan fingerprint density at radius 1 is 1.08 bits per heavy atom. The monoisotopic (exact) mass is 531 g/mol. The van der Waals surface area contributed by atoms with Crippen molar-refractivity contribution in [3.8, 4) is 5.00 Å². The summed E-state index contributed by atoms with van der Waals surface area (Å²) >= 11 is 1.60. The van der Waals surface area contributed by atoms with E-state index in [2.05, 4.69) is 5.32 Å². The number of imide groups is 2. The fourth-order valence-corrected chi connectivity index (χ4v) is 6.60. The minimum absolute atomic E-state index is 0.137. The number of aryl methyl sites for hydroxylation is 3. The van der Waals surface area contributed by atoms with Crippen LogP contribution in [0.4, 0.5) is 10.5 Å². The van der Waals surface area contributed by atoms with Crippen molar-refractivity contribution in [1.29, 1.82) is 0 Å². The molecule has 0 saturated carbocycles. The van der Waals surface area contributed by atoms with Gasteiger partial charge in [-0.3, -0.25) is 14.9 Å². The standard InChI is InChI=1S/C29H29N3O5S/c1-5-37-28(35)24-21-8-6-7-9-23(21)38-27(24)31-17(3)14-19(18(31)4)15-22-25(33)30-29(36)32(26(22)34)20-12-10-16(2)11-13-20/h10-15H,5-9H2,1-4H3,(H,30,33,36). The van der Waals surface area contributed by atoms with Gasteiger partial charge in [0, 0.05) is 16.3 Å². The van der Waals surface area contributed by atoms with Crippen molar-refractivity contribution < 1.29 is 23.9 Å². The Kier molecular flexibility index (Phi) is 6.79. The molecule has 3 heterocycles. The Bertz CT molecular complexity index is 1510. The van der Waals surface area contributed by atoms with Crippen LogP contribution in [-0.4, -0.2) is 35.0 Å². The fraction of sp³-hybridized carbons (Fsp3) is 0.310. The molecule has 1 saturated heterocycles. The van der Waals surface area contributed by atoms with Gasteiger partial charge in [-0.25, -0.2) is 14.5 Å². The molecule has 0 spiro atoms. The molecular weight excluding hydrogens is 502 g/mol. The summed E-state index contributed by atoms with van der Waals surface area (Å²) in [4.78, 5) is 53.9. The Hall–Kier alpha value is -3.98. The first kappa shape index (κ1) is 25.7. The van der Waals surface area contributed by atoms with Crippen LogP contribution in [0.3, 0.4) is 0 Å². The first-order valence-electron chi connectivity index (χ1n) is 12.7. The molecule has 1 fully saturated rings. The van der Waals surface area contributed by atoms with Crippen molar-refractivity contribution in [2.24, 2.45) is 0 Å². The molecule has 196 valence electrons. The molecule has 5 rings (SSSR count). The number of rotatable bonds is 5. The second-order valence-electron chi connectivity index (χ2n) is 9.57. The highest BCUT2D eigenvalue weighted by Crippen LogP contribution is 2.39. The third-order valence-electron chi connectivity index (χ3n) is 7.00. The smallest absolute Gasteiger partial charge is 0.341 e. The molecule has 8 nitrogen and oxygen atoms in total. The van der Waals surface area contributed by atoms with Gasteiger partial charge in [0.15, 0.2) is 0 Å². The van der Waals surface area contributed by atoms with Gasteiger partial charge in [0.25, 0.3) is 11.8 Å². The zero-order chi connectivity index (χ0) is 27.1. The van der Waals surface area contributed by atoms with Crippen molar-refractivity contribution in [3.05, 3.63) is 74.4 Å². The highest BCUT2D eigenvalue weighted by Gasteiger charge is 2.37. The Labute approximate surface area is 224 Å². The van der Waals surface area contributed by atoms with E-state index in [-0.39, 0.29) is 18.1 Å². The highest BCUT2D eigenvalue weighted by atomic mass is 32.1. The number of esters is 1. The number of fused-ring (bicyclic) bond motifs is 1. The molecule has 0 radical (unpaired) electrons. The van der Waals surface area contributed by atoms with Crippen LogP contribution < -0.4 is 10.2 Å². The lowest BCUT2D eigenvalue weighted by Crippen LogP contribution is -2.54. The molecular formula is C29H29N3O5S. The van der Waals surface area contributed by atoms with Gasteiger partial charge >= 0.3 is 12.0 Å². The average molecular weight is 532 g/mol. The van der Waals surface area contributed by atoms with Gasteiger partial charge in [-0.1, -0.05) is 17.7 Å². The van der Waals surface area contributed by atoms with Gasteiger partial charge in [0.1, 0.15) is 10.6 Å². The number of carbonyl (C=O) groups excluding carboxylic acids is 4. The van der Waals surface area contributed by atoms with E-state index in [1.54, 1.807) is 42.5 Å². The fourth-order valence-electron chi connectivity index (χ4n) is 5.11. The number of carbonyl (C=O) groups is 4. The molecule has 3 aromatic rings. The third kappa shape index (κ3) is 4.36. The van der Waals surface area contributed by atoms with Crippen LogP contribution in [0.25, 0.3) is 11.1 Å². The average Bonchev–Trinajstić information content (AvgIpc) is 3.38. The number of ether oxygens (including phenoxy) is 1. The molecule has 4 amide bonds. The lowest BCUT2D eigenvalue weighted by molar-refractivity contribution is -0.122. The second-order valence-corrected chi connectivity index (χ2v) is 10.7. The quantitative estimate of drug-likeness (QED) is 0.278. The zero-order valence-corrected chi connectivity index (χ0v) is 22.7. The van der Waals surface area contributed by atoms with Crippen LogP contribution in [0, 0.1) is 20.8 Å². The van der Waals surface area contributed by atoms with E-state index in [1.165, 1.54) is 11.0 Å². The lowest BCUT2D eigenvalue weighted by Gasteiger charge is -2.26.